The molecule has 2 fully saturated rings. The number of unbranched alkanes of at least 4 members (excludes halogenated alkanes) is 2. The fourth-order valence-electron chi connectivity index (χ4n) is 7.99. The van der Waals surface area contributed by atoms with Crippen molar-refractivity contribution in [2.45, 2.75) is 167 Å². The van der Waals surface area contributed by atoms with E-state index >= 15 is 0 Å². The Morgan fingerprint density at radius 1 is 0.549 bits per heavy atom. The lowest BCUT2D eigenvalue weighted by Crippen LogP contribution is -2.69. The fraction of sp³-hybridized carbons (Fsp3) is 0.620. The zero-order valence-corrected chi connectivity index (χ0v) is 41.7. The van der Waals surface area contributed by atoms with Crippen LogP contribution in [0.5, 0.6) is 0 Å². The monoisotopic (exact) mass is 1000 g/mol. The summed E-state index contributed by atoms with van der Waals surface area (Å²) in [6.07, 6.45) is -9.70. The van der Waals surface area contributed by atoms with Crippen LogP contribution in [0.15, 0.2) is 60.7 Å². The van der Waals surface area contributed by atoms with E-state index in [1.165, 1.54) is 28.1 Å². The van der Waals surface area contributed by atoms with Crippen LogP contribution < -0.4 is 10.6 Å². The van der Waals surface area contributed by atoms with E-state index in [0.29, 0.717) is 19.3 Å². The minimum atomic E-state index is -1.37. The Morgan fingerprint density at radius 2 is 1.01 bits per heavy atom. The predicted octanol–water partition coefficient (Wildman–Crippen LogP) is 3.54. The molecule has 0 spiro atoms. The second-order valence-electron chi connectivity index (χ2n) is 17.0. The molecule has 71 heavy (non-hydrogen) atoms. The van der Waals surface area contributed by atoms with Crippen LogP contribution in [0.1, 0.15) is 91.2 Å². The molecule has 394 valence electrons. The first-order valence-corrected chi connectivity index (χ1v) is 23.7. The maximum Gasteiger partial charge on any atom is 0.305 e. The zero-order valence-electron chi connectivity index (χ0n) is 41.7. The molecule has 2 aromatic carbocycles. The first-order chi connectivity index (χ1) is 34.0. The Kier molecular flexibility index (Phi) is 24.8. The summed E-state index contributed by atoms with van der Waals surface area (Å²) >= 11 is 0. The van der Waals surface area contributed by atoms with Gasteiger partial charge >= 0.3 is 29.8 Å². The van der Waals surface area contributed by atoms with Gasteiger partial charge in [0, 0.05) is 60.7 Å². The van der Waals surface area contributed by atoms with Crippen LogP contribution in [-0.2, 0) is 104 Å². The van der Waals surface area contributed by atoms with Crippen molar-refractivity contribution in [1.29, 1.82) is 0 Å². The van der Waals surface area contributed by atoms with Crippen LogP contribution in [0.3, 0.4) is 0 Å². The van der Waals surface area contributed by atoms with E-state index in [-0.39, 0.29) is 58.3 Å². The molecule has 2 aliphatic heterocycles. The lowest BCUT2D eigenvalue weighted by molar-refractivity contribution is -0.354. The lowest BCUT2D eigenvalue weighted by Gasteiger charge is -2.50. The molecule has 0 unspecified atom stereocenters. The summed E-state index contributed by atoms with van der Waals surface area (Å²) in [6, 6.07) is 16.6. The quantitative estimate of drug-likeness (QED) is 0.0702. The Hall–Kier alpha value is -5.55. The Morgan fingerprint density at radius 3 is 1.45 bits per heavy atom. The summed E-state index contributed by atoms with van der Waals surface area (Å²) in [4.78, 5) is 87.3. The normalized spacial score (nSPS) is 24.8. The van der Waals surface area contributed by atoms with Gasteiger partial charge in [-0.1, -0.05) is 67.1 Å². The number of carbonyl (C=O) groups is 7. The summed E-state index contributed by atoms with van der Waals surface area (Å²) in [5, 5.41) is 5.87. The molecule has 0 bridgehead atoms. The van der Waals surface area contributed by atoms with Gasteiger partial charge in [-0.15, -0.1) is 0 Å². The molecular weight excluding hydrogens is 933 g/mol. The molecule has 2 heterocycles. The van der Waals surface area contributed by atoms with Gasteiger partial charge in [-0.05, 0) is 37.8 Å². The maximum absolute atomic E-state index is 14.1. The average molecular weight is 1000 g/mol. The highest BCUT2D eigenvalue weighted by Gasteiger charge is 2.53. The number of nitrogens with one attached hydrogen (secondary N) is 2. The van der Waals surface area contributed by atoms with Crippen molar-refractivity contribution in [2.75, 3.05) is 34.0 Å². The molecule has 21 nitrogen and oxygen atoms in total. The molecule has 0 aromatic heterocycles. The van der Waals surface area contributed by atoms with Gasteiger partial charge in [-0.25, -0.2) is 0 Å². The van der Waals surface area contributed by atoms with Gasteiger partial charge in [-0.3, -0.25) is 33.6 Å². The van der Waals surface area contributed by atoms with Gasteiger partial charge in [0.1, 0.15) is 24.4 Å². The Labute approximate surface area is 414 Å². The molecule has 12 atom stereocenters. The van der Waals surface area contributed by atoms with E-state index in [1.54, 1.807) is 13.8 Å². The summed E-state index contributed by atoms with van der Waals surface area (Å²) in [7, 11) is 2.74. The van der Waals surface area contributed by atoms with Gasteiger partial charge in [-0.2, -0.15) is 0 Å². The van der Waals surface area contributed by atoms with Crippen molar-refractivity contribution in [3.8, 4) is 0 Å². The average Bonchev–Trinajstić information content (AvgIpc) is 3.33. The molecule has 2 N–H and O–H groups in total. The molecule has 4 rings (SSSR count). The predicted molar refractivity (Wildman–Crippen MR) is 248 cm³/mol. The standard InChI is InChI=1S/C50H70N2O19/c1-30-42(52-48(59)39(70-35(6)56)24-27-63-33(4)54)44(66-29-37-20-14-10-15-21-37)46(49(67-30)64-25-17-11-16-22-40(57)60-7)71-50-45(61-8)43(65-28-36-18-12-9-13-19-36)41(31(2)68-50)51-47(58)38(69-34(5)55)23-26-62-32(3)53/h9-10,12-15,18-21,30-31,38-39,41-46,49-50H,11,16-17,22-29H2,1-8H3,(H,51,58)(H,52,59)/t30-,31-,38-,39-,41-,42-,43+,44+,45+,46+,49-,50-/m1/s1. The minimum absolute atomic E-state index is 0.0258. The van der Waals surface area contributed by atoms with Gasteiger partial charge in [0.05, 0.1) is 57.8 Å². The van der Waals surface area contributed by atoms with Gasteiger partial charge in [0.25, 0.3) is 11.8 Å². The van der Waals surface area contributed by atoms with Crippen molar-refractivity contribution in [3.63, 3.8) is 0 Å². The van der Waals surface area contributed by atoms with Crippen LogP contribution >= 0.6 is 0 Å². The van der Waals surface area contributed by atoms with Crippen LogP contribution in [-0.4, -0.2) is 149 Å². The Balaban J connectivity index is 1.74. The lowest BCUT2D eigenvalue weighted by atomic mass is 9.94. The van der Waals surface area contributed by atoms with E-state index in [4.69, 9.17) is 56.8 Å². The second-order valence-corrected chi connectivity index (χ2v) is 17.0. The van der Waals surface area contributed by atoms with Gasteiger partial charge < -0.3 is 67.5 Å². The summed E-state index contributed by atoms with van der Waals surface area (Å²) in [5.41, 5.74) is 1.58. The van der Waals surface area contributed by atoms with Crippen LogP contribution in [0, 0.1) is 0 Å². The molecule has 2 aromatic rings. The number of benzene rings is 2. The molecular formula is C50H70N2O19. The highest BCUT2D eigenvalue weighted by Crippen LogP contribution is 2.34. The number of ether oxygens (including phenoxy) is 12. The molecule has 0 radical (unpaired) electrons. The smallest absolute Gasteiger partial charge is 0.305 e. The third kappa shape index (κ3) is 19.5. The van der Waals surface area contributed by atoms with E-state index < -0.39 is 109 Å². The van der Waals surface area contributed by atoms with Gasteiger partial charge in [0.15, 0.2) is 24.8 Å². The number of carbonyl (C=O) groups excluding carboxylic acids is 7. The number of rotatable bonds is 28. The first-order valence-electron chi connectivity index (χ1n) is 23.7. The zero-order chi connectivity index (χ0) is 51.9. The van der Waals surface area contributed by atoms with Crippen molar-refractivity contribution >= 4 is 41.7 Å². The van der Waals surface area contributed by atoms with E-state index in [1.807, 2.05) is 60.7 Å². The van der Waals surface area contributed by atoms with Crippen LogP contribution in [0.2, 0.25) is 0 Å². The second kappa shape index (κ2) is 30.4. The van der Waals surface area contributed by atoms with E-state index in [9.17, 15) is 33.6 Å². The molecule has 2 aliphatic rings. The molecule has 0 saturated carbocycles. The fourth-order valence-corrected chi connectivity index (χ4v) is 7.99. The van der Waals surface area contributed by atoms with Crippen molar-refractivity contribution < 1.29 is 90.4 Å². The van der Waals surface area contributed by atoms with Crippen molar-refractivity contribution in [1.82, 2.24) is 10.6 Å². The minimum Gasteiger partial charge on any atom is -0.469 e. The molecule has 2 saturated heterocycles. The number of amides is 2. The summed E-state index contributed by atoms with van der Waals surface area (Å²) in [5.74, 6) is -4.39. The summed E-state index contributed by atoms with van der Waals surface area (Å²) < 4.78 is 71.5. The van der Waals surface area contributed by atoms with Crippen LogP contribution in [0.4, 0.5) is 0 Å². The van der Waals surface area contributed by atoms with Crippen molar-refractivity contribution in [2.24, 2.45) is 0 Å². The third-order valence-corrected chi connectivity index (χ3v) is 11.5. The SMILES string of the molecule is COC(=O)CCCCCO[C@@H]1O[C@H](C)[C@@H](NC(=O)[C@@H](CCOC(C)=O)OC(C)=O)[C@H](OCc2ccccc2)[C@@H]1O[C@H]1O[C@H](C)[C@@H](NC(=O)[C@@H](CCOC(C)=O)OC(C)=O)[C@H](OCc2ccccc2)[C@@H]1OC. The molecule has 21 heteroatoms. The first kappa shape index (κ1) is 58.0. The molecule has 2 amide bonds. The van der Waals surface area contributed by atoms with E-state index in [0.717, 1.165) is 25.0 Å². The third-order valence-electron chi connectivity index (χ3n) is 11.5. The number of hydrogen-bond acceptors (Lipinski definition) is 19. The number of hydrogen-bond donors (Lipinski definition) is 2. The summed E-state index contributed by atoms with van der Waals surface area (Å²) in [6.45, 7) is 7.96. The molecule has 0 aliphatic carbocycles. The van der Waals surface area contributed by atoms with Crippen molar-refractivity contribution in [3.05, 3.63) is 71.8 Å². The largest absolute Gasteiger partial charge is 0.469 e. The van der Waals surface area contributed by atoms with Gasteiger partial charge in [0.2, 0.25) is 0 Å². The Bertz CT molecular complexity index is 1990. The highest BCUT2D eigenvalue weighted by atomic mass is 16.8. The van der Waals surface area contributed by atoms with E-state index in [2.05, 4.69) is 10.6 Å². The number of esters is 5. The number of methoxy groups -OCH3 is 2. The highest BCUT2D eigenvalue weighted by molar-refractivity contribution is 5.84. The maximum atomic E-state index is 14.1. The van der Waals surface area contributed by atoms with Crippen LogP contribution in [0.25, 0.3) is 0 Å². The topological polar surface area (TPSA) is 254 Å².